The number of benzene rings is 2. The average molecular weight is 284 g/mol. The van der Waals surface area contributed by atoms with Crippen LogP contribution in [0.5, 0.6) is 11.5 Å². The number of ether oxygens (including phenoxy) is 2. The molecule has 2 rings (SSSR count). The minimum Gasteiger partial charge on any atom is -0.493 e. The first kappa shape index (κ1) is 15.1. The van der Waals surface area contributed by atoms with E-state index >= 15 is 0 Å². The quantitative estimate of drug-likeness (QED) is 0.776. The van der Waals surface area contributed by atoms with Crippen molar-refractivity contribution >= 4 is 5.78 Å². The van der Waals surface area contributed by atoms with Gasteiger partial charge in [-0.3, -0.25) is 4.79 Å². The summed E-state index contributed by atoms with van der Waals surface area (Å²) in [7, 11) is 1.57. The van der Waals surface area contributed by atoms with Crippen molar-refractivity contribution in [1.82, 2.24) is 0 Å². The van der Waals surface area contributed by atoms with Crippen molar-refractivity contribution in [2.75, 3.05) is 7.11 Å². The molecule has 2 aromatic carbocycles. The van der Waals surface area contributed by atoms with E-state index in [0.29, 0.717) is 23.7 Å². The van der Waals surface area contributed by atoms with Crippen molar-refractivity contribution in [1.29, 1.82) is 0 Å². The maximum absolute atomic E-state index is 11.4. The van der Waals surface area contributed by atoms with Crippen molar-refractivity contribution in [3.8, 4) is 11.5 Å². The van der Waals surface area contributed by atoms with Crippen molar-refractivity contribution in [3.05, 3.63) is 58.7 Å². The highest BCUT2D eigenvalue weighted by Gasteiger charge is 2.08. The lowest BCUT2D eigenvalue weighted by Gasteiger charge is -2.12. The summed E-state index contributed by atoms with van der Waals surface area (Å²) in [4.78, 5) is 11.4. The Balaban J connectivity index is 2.15. The number of ketones is 1. The molecule has 0 aliphatic heterocycles. The monoisotopic (exact) mass is 284 g/mol. The van der Waals surface area contributed by atoms with Gasteiger partial charge in [-0.05, 0) is 55.7 Å². The molecule has 0 aliphatic rings. The van der Waals surface area contributed by atoms with Crippen LogP contribution in [-0.2, 0) is 6.61 Å². The number of rotatable bonds is 5. The van der Waals surface area contributed by atoms with Gasteiger partial charge in [0.05, 0.1) is 7.11 Å². The van der Waals surface area contributed by atoms with E-state index in [9.17, 15) is 4.79 Å². The minimum absolute atomic E-state index is 0.00834. The summed E-state index contributed by atoms with van der Waals surface area (Å²) >= 11 is 0. The third-order valence-corrected chi connectivity index (χ3v) is 3.54. The highest BCUT2D eigenvalue weighted by Crippen LogP contribution is 2.29. The Hall–Kier alpha value is -2.29. The predicted molar refractivity (Wildman–Crippen MR) is 83.2 cm³/mol. The number of Topliss-reactive ketones (excluding diaryl/α,β-unsaturated/α-hetero) is 1. The molecule has 0 saturated carbocycles. The molecule has 0 radical (unpaired) electrons. The molecule has 0 aromatic heterocycles. The highest BCUT2D eigenvalue weighted by atomic mass is 16.5. The summed E-state index contributed by atoms with van der Waals surface area (Å²) in [5.41, 5.74) is 4.23. The maximum Gasteiger partial charge on any atom is 0.161 e. The standard InChI is InChI=1S/C18H20O3/c1-12-5-6-15(9-13(12)2)11-21-17-8-7-16(14(3)19)10-18(17)20-4/h5-10H,11H2,1-4H3. The largest absolute Gasteiger partial charge is 0.493 e. The van der Waals surface area contributed by atoms with Gasteiger partial charge in [0.2, 0.25) is 0 Å². The Bertz CT molecular complexity index is 660. The lowest BCUT2D eigenvalue weighted by Crippen LogP contribution is -2.00. The molecule has 0 atom stereocenters. The predicted octanol–water partition coefficient (Wildman–Crippen LogP) is 4.09. The van der Waals surface area contributed by atoms with Crippen molar-refractivity contribution in [3.63, 3.8) is 0 Å². The number of aryl methyl sites for hydroxylation is 2. The van der Waals surface area contributed by atoms with Crippen molar-refractivity contribution in [2.45, 2.75) is 27.4 Å². The van der Waals surface area contributed by atoms with Crippen LogP contribution >= 0.6 is 0 Å². The van der Waals surface area contributed by atoms with Crippen LogP contribution in [0.1, 0.15) is 34.0 Å². The second kappa shape index (κ2) is 6.44. The highest BCUT2D eigenvalue weighted by molar-refractivity contribution is 5.94. The van der Waals surface area contributed by atoms with Crippen LogP contribution in [0.25, 0.3) is 0 Å². The van der Waals surface area contributed by atoms with Crippen LogP contribution in [0.2, 0.25) is 0 Å². The molecule has 2 aromatic rings. The number of carbonyl (C=O) groups excluding carboxylic acids is 1. The molecule has 0 bridgehead atoms. The summed E-state index contributed by atoms with van der Waals surface area (Å²) in [6.45, 7) is 6.17. The van der Waals surface area contributed by atoms with Gasteiger partial charge < -0.3 is 9.47 Å². The molecule has 0 fully saturated rings. The van der Waals surface area contributed by atoms with E-state index in [0.717, 1.165) is 5.56 Å². The number of carbonyl (C=O) groups is 1. The van der Waals surface area contributed by atoms with E-state index in [1.54, 1.807) is 25.3 Å². The SMILES string of the molecule is COc1cc(C(C)=O)ccc1OCc1ccc(C)c(C)c1. The molecule has 0 aliphatic carbocycles. The van der Waals surface area contributed by atoms with E-state index in [1.165, 1.54) is 18.1 Å². The molecule has 110 valence electrons. The van der Waals surface area contributed by atoms with E-state index in [4.69, 9.17) is 9.47 Å². The molecule has 0 saturated heterocycles. The van der Waals surface area contributed by atoms with E-state index in [1.807, 2.05) is 0 Å². The lowest BCUT2D eigenvalue weighted by molar-refractivity contribution is 0.101. The normalized spacial score (nSPS) is 10.3. The summed E-state index contributed by atoms with van der Waals surface area (Å²) in [5, 5.41) is 0. The molecule has 3 heteroatoms. The number of methoxy groups -OCH3 is 1. The van der Waals surface area contributed by atoms with Crippen LogP contribution in [0.15, 0.2) is 36.4 Å². The smallest absolute Gasteiger partial charge is 0.161 e. The zero-order valence-corrected chi connectivity index (χ0v) is 12.9. The van der Waals surface area contributed by atoms with Crippen molar-refractivity contribution in [2.24, 2.45) is 0 Å². The van der Waals surface area contributed by atoms with E-state index in [-0.39, 0.29) is 5.78 Å². The Morgan fingerprint density at radius 2 is 1.76 bits per heavy atom. The molecule has 0 heterocycles. The zero-order chi connectivity index (χ0) is 15.4. The summed E-state index contributed by atoms with van der Waals surface area (Å²) in [5.74, 6) is 1.22. The molecule has 0 amide bonds. The van der Waals surface area contributed by atoms with Gasteiger partial charge in [0, 0.05) is 5.56 Å². The summed E-state index contributed by atoms with van der Waals surface area (Å²) in [6, 6.07) is 11.5. The summed E-state index contributed by atoms with van der Waals surface area (Å²) in [6.07, 6.45) is 0. The topological polar surface area (TPSA) is 35.5 Å². The van der Waals surface area contributed by atoms with Crippen LogP contribution in [0.3, 0.4) is 0 Å². The lowest BCUT2D eigenvalue weighted by atomic mass is 10.1. The van der Waals surface area contributed by atoms with Gasteiger partial charge in [-0.15, -0.1) is 0 Å². The van der Waals surface area contributed by atoms with Gasteiger partial charge in [-0.2, -0.15) is 0 Å². The van der Waals surface area contributed by atoms with E-state index < -0.39 is 0 Å². The van der Waals surface area contributed by atoms with Gasteiger partial charge in [0.1, 0.15) is 6.61 Å². The Morgan fingerprint density at radius 3 is 2.38 bits per heavy atom. The van der Waals surface area contributed by atoms with E-state index in [2.05, 4.69) is 32.0 Å². The van der Waals surface area contributed by atoms with Crippen LogP contribution in [-0.4, -0.2) is 12.9 Å². The van der Waals surface area contributed by atoms with Gasteiger partial charge in [-0.1, -0.05) is 18.2 Å². The Kier molecular flexibility index (Phi) is 4.63. The molecule has 0 N–H and O–H groups in total. The van der Waals surface area contributed by atoms with Gasteiger partial charge in [-0.25, -0.2) is 0 Å². The van der Waals surface area contributed by atoms with Gasteiger partial charge in [0.25, 0.3) is 0 Å². The van der Waals surface area contributed by atoms with Crippen LogP contribution in [0.4, 0.5) is 0 Å². The van der Waals surface area contributed by atoms with Crippen molar-refractivity contribution < 1.29 is 14.3 Å². The third-order valence-electron chi connectivity index (χ3n) is 3.54. The average Bonchev–Trinajstić information content (AvgIpc) is 2.48. The first-order chi connectivity index (χ1) is 10.0. The summed E-state index contributed by atoms with van der Waals surface area (Å²) < 4.78 is 11.1. The Labute approximate surface area is 125 Å². The fraction of sp³-hybridized carbons (Fsp3) is 0.278. The molecule has 0 spiro atoms. The second-order valence-corrected chi connectivity index (χ2v) is 5.13. The number of hydrogen-bond acceptors (Lipinski definition) is 3. The molecule has 3 nitrogen and oxygen atoms in total. The fourth-order valence-corrected chi connectivity index (χ4v) is 2.06. The maximum atomic E-state index is 11.4. The molecule has 0 unspecified atom stereocenters. The third kappa shape index (κ3) is 3.63. The Morgan fingerprint density at radius 1 is 1.00 bits per heavy atom. The molecular formula is C18H20O3. The molecular weight excluding hydrogens is 264 g/mol. The zero-order valence-electron chi connectivity index (χ0n) is 12.9. The molecule has 21 heavy (non-hydrogen) atoms. The first-order valence-electron chi connectivity index (χ1n) is 6.89. The minimum atomic E-state index is 0.00834. The first-order valence-corrected chi connectivity index (χ1v) is 6.89. The van der Waals surface area contributed by atoms with Gasteiger partial charge >= 0.3 is 0 Å². The number of hydrogen-bond donors (Lipinski definition) is 0. The van der Waals surface area contributed by atoms with Crippen LogP contribution in [0, 0.1) is 13.8 Å². The fourth-order valence-electron chi connectivity index (χ4n) is 2.06. The second-order valence-electron chi connectivity index (χ2n) is 5.13. The van der Waals surface area contributed by atoms with Gasteiger partial charge in [0.15, 0.2) is 17.3 Å². The van der Waals surface area contributed by atoms with Crippen LogP contribution < -0.4 is 9.47 Å².